The van der Waals surface area contributed by atoms with E-state index in [4.69, 9.17) is 5.11 Å². The van der Waals surface area contributed by atoms with Gasteiger partial charge < -0.3 is 15.5 Å². The lowest BCUT2D eigenvalue weighted by Crippen LogP contribution is -2.25. The molecule has 1 aromatic carbocycles. The smallest absolute Gasteiger partial charge is 0.395 e. The van der Waals surface area contributed by atoms with Gasteiger partial charge in [0, 0.05) is 18.5 Å². The minimum atomic E-state index is -4.97. The van der Waals surface area contributed by atoms with E-state index in [1.54, 1.807) is 0 Å². The lowest BCUT2D eigenvalue weighted by atomic mass is 9.99. The molecule has 4 nitrogen and oxygen atoms in total. The number of aliphatic hydroxyl groups is 2. The maximum Gasteiger partial charge on any atom is 0.433 e. The van der Waals surface area contributed by atoms with Crippen LogP contribution in [0.4, 0.5) is 26.3 Å². The maximum atomic E-state index is 13.1. The first-order valence-corrected chi connectivity index (χ1v) is 7.13. The van der Waals surface area contributed by atoms with Gasteiger partial charge in [-0.15, -0.1) is 0 Å². The Morgan fingerprint density at radius 1 is 1.08 bits per heavy atom. The number of pyridine rings is 1. The number of aromatic nitrogens is 1. The monoisotopic (exact) mass is 368 g/mol. The highest BCUT2D eigenvalue weighted by atomic mass is 19.4. The first-order chi connectivity index (χ1) is 11.6. The molecule has 0 radical (unpaired) electrons. The standard InChI is InChI=1S/C15H14F6N2O2/c16-14(17,18)10-3-1-2-8-9(11(25)7-22-4-5-24)6-12(15(19,20)21)23-13(8)10/h1-3,6,11,22,24-25H,4-5,7H2/t11-/m0/s1. The van der Waals surface area contributed by atoms with Crippen LogP contribution in [0.25, 0.3) is 10.9 Å². The predicted molar refractivity (Wildman–Crippen MR) is 76.7 cm³/mol. The molecule has 1 aromatic heterocycles. The number of hydrogen-bond donors (Lipinski definition) is 3. The molecule has 0 saturated heterocycles. The van der Waals surface area contributed by atoms with E-state index >= 15 is 0 Å². The molecule has 25 heavy (non-hydrogen) atoms. The van der Waals surface area contributed by atoms with Crippen LogP contribution in [0.5, 0.6) is 0 Å². The molecule has 1 heterocycles. The molecule has 0 aliphatic carbocycles. The fourth-order valence-corrected chi connectivity index (χ4v) is 2.35. The third-order valence-corrected chi connectivity index (χ3v) is 3.45. The molecule has 138 valence electrons. The van der Waals surface area contributed by atoms with E-state index in [2.05, 4.69) is 10.3 Å². The van der Waals surface area contributed by atoms with Crippen LogP contribution in [-0.2, 0) is 12.4 Å². The molecule has 2 aromatic rings. The summed E-state index contributed by atoms with van der Waals surface area (Å²) in [4.78, 5) is 3.14. The number of nitrogens with zero attached hydrogens (tertiary/aromatic N) is 1. The number of para-hydroxylation sites is 1. The van der Waals surface area contributed by atoms with Crippen LogP contribution in [0.2, 0.25) is 0 Å². The van der Waals surface area contributed by atoms with Crippen LogP contribution in [0.1, 0.15) is 22.9 Å². The fourth-order valence-electron chi connectivity index (χ4n) is 2.35. The van der Waals surface area contributed by atoms with Crippen molar-refractivity contribution >= 4 is 10.9 Å². The molecule has 0 aliphatic rings. The molecule has 2 rings (SSSR count). The van der Waals surface area contributed by atoms with Gasteiger partial charge in [-0.2, -0.15) is 26.3 Å². The quantitative estimate of drug-likeness (QED) is 0.561. The zero-order valence-electron chi connectivity index (χ0n) is 12.6. The summed E-state index contributed by atoms with van der Waals surface area (Å²) in [6.45, 7) is -0.441. The highest BCUT2D eigenvalue weighted by molar-refractivity contribution is 5.86. The van der Waals surface area contributed by atoms with E-state index in [0.717, 1.165) is 6.07 Å². The maximum absolute atomic E-state index is 13.1. The van der Waals surface area contributed by atoms with Crippen molar-refractivity contribution in [2.24, 2.45) is 0 Å². The Kier molecular flexibility index (Phi) is 5.55. The zero-order chi connectivity index (χ0) is 18.8. The summed E-state index contributed by atoms with van der Waals surface area (Å²) < 4.78 is 78.4. The van der Waals surface area contributed by atoms with Crippen molar-refractivity contribution in [2.45, 2.75) is 18.5 Å². The lowest BCUT2D eigenvalue weighted by molar-refractivity contribution is -0.142. The summed E-state index contributed by atoms with van der Waals surface area (Å²) in [7, 11) is 0. The molecule has 0 bridgehead atoms. The van der Waals surface area contributed by atoms with Crippen molar-refractivity contribution in [3.05, 3.63) is 41.1 Å². The summed E-state index contributed by atoms with van der Waals surface area (Å²) >= 11 is 0. The van der Waals surface area contributed by atoms with Crippen LogP contribution in [0.3, 0.4) is 0 Å². The van der Waals surface area contributed by atoms with Crippen molar-refractivity contribution in [3.63, 3.8) is 0 Å². The number of fused-ring (bicyclic) bond motifs is 1. The summed E-state index contributed by atoms with van der Waals surface area (Å²) in [6, 6.07) is 3.38. The normalized spacial score (nSPS) is 14.1. The van der Waals surface area contributed by atoms with Crippen molar-refractivity contribution in [2.75, 3.05) is 19.7 Å². The molecule has 1 atom stereocenters. The van der Waals surface area contributed by atoms with Crippen molar-refractivity contribution in [3.8, 4) is 0 Å². The summed E-state index contributed by atoms with van der Waals surface area (Å²) in [6.07, 6.45) is -11.4. The highest BCUT2D eigenvalue weighted by Crippen LogP contribution is 2.38. The van der Waals surface area contributed by atoms with Crippen LogP contribution >= 0.6 is 0 Å². The SMILES string of the molecule is OCCNC[C@H](O)c1cc(C(F)(F)F)nc2c(C(F)(F)F)cccc12. The molecule has 0 unspecified atom stereocenters. The molecule has 0 fully saturated rings. The van der Waals surface area contributed by atoms with Gasteiger partial charge in [0.05, 0.1) is 23.8 Å². The fraction of sp³-hybridized carbons (Fsp3) is 0.400. The van der Waals surface area contributed by atoms with Crippen molar-refractivity contribution in [1.82, 2.24) is 10.3 Å². The summed E-state index contributed by atoms with van der Waals surface area (Å²) in [5, 5.41) is 21.1. The second-order valence-electron chi connectivity index (χ2n) is 5.24. The lowest BCUT2D eigenvalue weighted by Gasteiger charge is -2.18. The van der Waals surface area contributed by atoms with Gasteiger partial charge in [0.1, 0.15) is 5.69 Å². The molecular formula is C15H14F6N2O2. The summed E-state index contributed by atoms with van der Waals surface area (Å²) in [5.74, 6) is 0. The first-order valence-electron chi connectivity index (χ1n) is 7.13. The Labute approximate surface area is 138 Å². The largest absolute Gasteiger partial charge is 0.433 e. The van der Waals surface area contributed by atoms with Gasteiger partial charge in [0.15, 0.2) is 0 Å². The number of alkyl halides is 6. The second kappa shape index (κ2) is 7.14. The van der Waals surface area contributed by atoms with Gasteiger partial charge in [-0.1, -0.05) is 12.1 Å². The van der Waals surface area contributed by atoms with Crippen LogP contribution in [-0.4, -0.2) is 34.9 Å². The first kappa shape index (κ1) is 19.4. The molecule has 3 N–H and O–H groups in total. The van der Waals surface area contributed by atoms with Crippen LogP contribution < -0.4 is 5.32 Å². The Bertz CT molecular complexity index is 745. The predicted octanol–water partition coefficient (Wildman–Crippen LogP) is 2.89. The van der Waals surface area contributed by atoms with Crippen molar-refractivity contribution in [1.29, 1.82) is 0 Å². The number of aliphatic hydroxyl groups excluding tert-OH is 2. The van der Waals surface area contributed by atoms with E-state index in [-0.39, 0.29) is 30.6 Å². The number of nitrogens with one attached hydrogen (secondary N) is 1. The molecular weight excluding hydrogens is 354 g/mol. The van der Waals surface area contributed by atoms with E-state index in [1.807, 2.05) is 0 Å². The van der Waals surface area contributed by atoms with Gasteiger partial charge in [-0.25, -0.2) is 4.98 Å². The molecule has 0 aliphatic heterocycles. The molecule has 0 spiro atoms. The Morgan fingerprint density at radius 2 is 1.76 bits per heavy atom. The third kappa shape index (κ3) is 4.39. The topological polar surface area (TPSA) is 65.4 Å². The van der Waals surface area contributed by atoms with Gasteiger partial charge in [-0.3, -0.25) is 0 Å². The Balaban J connectivity index is 2.67. The van der Waals surface area contributed by atoms with Crippen molar-refractivity contribution < 1.29 is 36.6 Å². The third-order valence-electron chi connectivity index (χ3n) is 3.45. The van der Waals surface area contributed by atoms with Crippen LogP contribution in [0, 0.1) is 0 Å². The van der Waals surface area contributed by atoms with E-state index < -0.39 is 35.2 Å². The number of rotatable bonds is 5. The highest BCUT2D eigenvalue weighted by Gasteiger charge is 2.37. The van der Waals surface area contributed by atoms with Gasteiger partial charge in [0.2, 0.25) is 0 Å². The Hall–Kier alpha value is -1.91. The zero-order valence-corrected chi connectivity index (χ0v) is 12.6. The van der Waals surface area contributed by atoms with Gasteiger partial charge >= 0.3 is 12.4 Å². The average molecular weight is 368 g/mol. The second-order valence-corrected chi connectivity index (χ2v) is 5.24. The van der Waals surface area contributed by atoms with E-state index in [9.17, 15) is 31.4 Å². The molecule has 0 saturated carbocycles. The average Bonchev–Trinajstić information content (AvgIpc) is 2.51. The molecule has 10 heteroatoms. The minimum absolute atomic E-state index is 0.0694. The number of benzene rings is 1. The van der Waals surface area contributed by atoms with Crippen LogP contribution in [0.15, 0.2) is 24.3 Å². The molecule has 0 amide bonds. The van der Waals surface area contributed by atoms with E-state index in [1.165, 1.54) is 6.07 Å². The Morgan fingerprint density at radius 3 is 2.32 bits per heavy atom. The summed E-state index contributed by atoms with van der Waals surface area (Å²) in [5.41, 5.74) is -4.03. The van der Waals surface area contributed by atoms with E-state index in [0.29, 0.717) is 12.1 Å². The van der Waals surface area contributed by atoms with Gasteiger partial charge in [0.25, 0.3) is 0 Å². The minimum Gasteiger partial charge on any atom is -0.395 e. The number of halogens is 6. The number of hydrogen-bond acceptors (Lipinski definition) is 4. The van der Waals surface area contributed by atoms with Gasteiger partial charge in [-0.05, 0) is 17.7 Å².